The highest BCUT2D eigenvalue weighted by Gasteiger charge is 2.14. The van der Waals surface area contributed by atoms with E-state index in [1.165, 1.54) is 18.2 Å². The van der Waals surface area contributed by atoms with Crippen molar-refractivity contribution in [2.24, 2.45) is 0 Å². The van der Waals surface area contributed by atoms with E-state index >= 15 is 0 Å². The van der Waals surface area contributed by atoms with Crippen LogP contribution in [0, 0.1) is 5.82 Å². The van der Waals surface area contributed by atoms with Crippen LogP contribution in [0.2, 0.25) is 0 Å². The van der Waals surface area contributed by atoms with Crippen LogP contribution in [0.5, 0.6) is 5.75 Å². The maximum absolute atomic E-state index is 13.3. The molecule has 0 heterocycles. The van der Waals surface area contributed by atoms with Crippen LogP contribution in [0.3, 0.4) is 0 Å². The molecule has 0 aliphatic carbocycles. The molecule has 1 aromatic carbocycles. The molecule has 0 bridgehead atoms. The number of hydrogen-bond donors (Lipinski definition) is 1. The Labute approximate surface area is 119 Å². The van der Waals surface area contributed by atoms with Crippen LogP contribution in [0.4, 0.5) is 4.39 Å². The van der Waals surface area contributed by atoms with Crippen molar-refractivity contribution in [1.82, 2.24) is 5.32 Å². The maximum Gasteiger partial charge on any atom is 0.344 e. The van der Waals surface area contributed by atoms with E-state index < -0.39 is 5.97 Å². The molecular weight excluding hydrogens is 261 g/mol. The monoisotopic (exact) mass is 283 g/mol. The average molecular weight is 283 g/mol. The lowest BCUT2D eigenvalue weighted by Gasteiger charge is -2.18. The van der Waals surface area contributed by atoms with E-state index in [0.717, 1.165) is 6.54 Å². The van der Waals surface area contributed by atoms with Gasteiger partial charge in [0.1, 0.15) is 11.6 Å². The first-order valence-electron chi connectivity index (χ1n) is 6.79. The minimum Gasteiger partial charge on any atom is -0.482 e. The molecular formula is C15H22FNO3. The van der Waals surface area contributed by atoms with Gasteiger partial charge in [-0.05, 0) is 45.5 Å². The Morgan fingerprint density at radius 1 is 1.35 bits per heavy atom. The molecule has 1 aromatic rings. The Morgan fingerprint density at radius 2 is 2.05 bits per heavy atom. The summed E-state index contributed by atoms with van der Waals surface area (Å²) >= 11 is 0. The number of nitrogens with one attached hydrogen (secondary N) is 1. The van der Waals surface area contributed by atoms with E-state index in [1.54, 1.807) is 13.8 Å². The van der Waals surface area contributed by atoms with Crippen LogP contribution in [0.25, 0.3) is 0 Å². The number of carbonyl (C=O) groups is 1. The van der Waals surface area contributed by atoms with Crippen molar-refractivity contribution in [2.75, 3.05) is 13.2 Å². The lowest BCUT2D eigenvalue weighted by molar-refractivity contribution is -0.149. The molecule has 1 rings (SSSR count). The predicted molar refractivity (Wildman–Crippen MR) is 75.2 cm³/mol. The highest BCUT2D eigenvalue weighted by atomic mass is 19.1. The highest BCUT2D eigenvalue weighted by Crippen LogP contribution is 2.26. The van der Waals surface area contributed by atoms with Gasteiger partial charge in [0.15, 0.2) is 6.61 Å². The molecule has 0 spiro atoms. The first-order valence-corrected chi connectivity index (χ1v) is 6.79. The number of rotatable bonds is 7. The summed E-state index contributed by atoms with van der Waals surface area (Å²) in [7, 11) is 0. The maximum atomic E-state index is 13.3. The first kappa shape index (κ1) is 16.4. The smallest absolute Gasteiger partial charge is 0.344 e. The van der Waals surface area contributed by atoms with Gasteiger partial charge in [-0.25, -0.2) is 9.18 Å². The molecule has 0 aliphatic heterocycles. The fourth-order valence-electron chi connectivity index (χ4n) is 1.84. The van der Waals surface area contributed by atoms with Crippen LogP contribution < -0.4 is 10.1 Å². The van der Waals surface area contributed by atoms with Crippen LogP contribution in [0.1, 0.15) is 39.3 Å². The number of hydrogen-bond acceptors (Lipinski definition) is 4. The highest BCUT2D eigenvalue weighted by molar-refractivity contribution is 5.71. The molecule has 4 nitrogen and oxygen atoms in total. The van der Waals surface area contributed by atoms with Crippen LogP contribution in [-0.2, 0) is 9.53 Å². The summed E-state index contributed by atoms with van der Waals surface area (Å²) in [5.41, 5.74) is 0.684. The lowest BCUT2D eigenvalue weighted by atomic mass is 10.1. The molecule has 0 fully saturated rings. The van der Waals surface area contributed by atoms with Crippen molar-refractivity contribution in [3.63, 3.8) is 0 Å². The summed E-state index contributed by atoms with van der Waals surface area (Å²) in [6.07, 6.45) is -0.181. The van der Waals surface area contributed by atoms with Crippen molar-refractivity contribution in [1.29, 1.82) is 0 Å². The number of esters is 1. The number of halogens is 1. The zero-order chi connectivity index (χ0) is 15.1. The molecule has 0 amide bonds. The molecule has 112 valence electrons. The zero-order valence-electron chi connectivity index (χ0n) is 12.4. The molecule has 1 atom stereocenters. The predicted octanol–water partition coefficient (Wildman–Crippen LogP) is 2.83. The van der Waals surface area contributed by atoms with E-state index in [9.17, 15) is 9.18 Å². The van der Waals surface area contributed by atoms with Gasteiger partial charge < -0.3 is 14.8 Å². The third-order valence-corrected chi connectivity index (χ3v) is 2.66. The molecule has 20 heavy (non-hydrogen) atoms. The van der Waals surface area contributed by atoms with Gasteiger partial charge in [-0.3, -0.25) is 0 Å². The lowest BCUT2D eigenvalue weighted by Crippen LogP contribution is -2.21. The van der Waals surface area contributed by atoms with Crippen molar-refractivity contribution < 1.29 is 18.7 Å². The summed E-state index contributed by atoms with van der Waals surface area (Å²) in [6, 6.07) is 4.19. The molecule has 0 saturated carbocycles. The summed E-state index contributed by atoms with van der Waals surface area (Å²) in [5, 5.41) is 3.19. The van der Waals surface area contributed by atoms with Gasteiger partial charge in [0.25, 0.3) is 0 Å². The van der Waals surface area contributed by atoms with Gasteiger partial charge in [0.05, 0.1) is 6.10 Å². The fraction of sp³-hybridized carbons (Fsp3) is 0.533. The van der Waals surface area contributed by atoms with E-state index in [-0.39, 0.29) is 24.6 Å². The first-order chi connectivity index (χ1) is 9.43. The Bertz CT molecular complexity index is 449. The zero-order valence-corrected chi connectivity index (χ0v) is 12.4. The molecule has 0 radical (unpaired) electrons. The van der Waals surface area contributed by atoms with E-state index in [2.05, 4.69) is 5.32 Å². The minimum absolute atomic E-state index is 0.0631. The van der Waals surface area contributed by atoms with Crippen molar-refractivity contribution in [3.05, 3.63) is 29.6 Å². The largest absolute Gasteiger partial charge is 0.482 e. The third kappa shape index (κ3) is 5.17. The number of carbonyl (C=O) groups excluding carboxylic acids is 1. The molecule has 1 N–H and O–H groups in total. The quantitative estimate of drug-likeness (QED) is 0.782. The van der Waals surface area contributed by atoms with Crippen molar-refractivity contribution in [2.45, 2.75) is 39.8 Å². The fourth-order valence-corrected chi connectivity index (χ4v) is 1.84. The topological polar surface area (TPSA) is 47.6 Å². The van der Waals surface area contributed by atoms with E-state index in [1.807, 2.05) is 13.8 Å². The Hall–Kier alpha value is -1.62. The van der Waals surface area contributed by atoms with Gasteiger partial charge in [0.2, 0.25) is 0 Å². The van der Waals surface area contributed by atoms with Crippen molar-refractivity contribution >= 4 is 5.97 Å². The standard InChI is InChI=1S/C15H22FNO3/c1-5-17-11(4)13-8-12(16)6-7-14(13)19-9-15(18)20-10(2)3/h6-8,10-11,17H,5,9H2,1-4H3. The van der Waals surface area contributed by atoms with E-state index in [0.29, 0.717) is 11.3 Å². The van der Waals surface area contributed by atoms with E-state index in [4.69, 9.17) is 9.47 Å². The molecule has 0 saturated heterocycles. The summed E-state index contributed by atoms with van der Waals surface area (Å²) < 4.78 is 23.8. The van der Waals surface area contributed by atoms with Crippen LogP contribution >= 0.6 is 0 Å². The second kappa shape index (κ2) is 7.85. The van der Waals surface area contributed by atoms with Gasteiger partial charge >= 0.3 is 5.97 Å². The Kier molecular flexibility index (Phi) is 6.45. The molecule has 0 aromatic heterocycles. The molecule has 5 heteroatoms. The summed E-state index contributed by atoms with van der Waals surface area (Å²) in [4.78, 5) is 11.5. The normalized spacial score (nSPS) is 12.3. The number of benzene rings is 1. The van der Waals surface area contributed by atoms with Crippen molar-refractivity contribution in [3.8, 4) is 5.75 Å². The average Bonchev–Trinajstić information content (AvgIpc) is 2.36. The minimum atomic E-state index is -0.439. The second-order valence-corrected chi connectivity index (χ2v) is 4.79. The van der Waals surface area contributed by atoms with Crippen LogP contribution in [-0.4, -0.2) is 25.2 Å². The summed E-state index contributed by atoms with van der Waals surface area (Å²) in [6.45, 7) is 8.00. The van der Waals surface area contributed by atoms with Gasteiger partial charge in [-0.1, -0.05) is 6.92 Å². The molecule has 1 unspecified atom stereocenters. The third-order valence-electron chi connectivity index (χ3n) is 2.66. The van der Waals surface area contributed by atoms with Crippen LogP contribution in [0.15, 0.2) is 18.2 Å². The van der Waals surface area contributed by atoms with Gasteiger partial charge in [0, 0.05) is 11.6 Å². The Balaban J connectivity index is 2.76. The molecule has 0 aliphatic rings. The summed E-state index contributed by atoms with van der Waals surface area (Å²) in [5.74, 6) is -0.284. The number of ether oxygens (including phenoxy) is 2. The van der Waals surface area contributed by atoms with Gasteiger partial charge in [-0.2, -0.15) is 0 Å². The van der Waals surface area contributed by atoms with Gasteiger partial charge in [-0.15, -0.1) is 0 Å². The SMILES string of the molecule is CCNC(C)c1cc(F)ccc1OCC(=O)OC(C)C. The Morgan fingerprint density at radius 3 is 2.65 bits per heavy atom. The second-order valence-electron chi connectivity index (χ2n) is 4.79.